The van der Waals surface area contributed by atoms with Gasteiger partial charge >= 0.3 is 0 Å². The molecule has 1 aromatic carbocycles. The highest BCUT2D eigenvalue weighted by Crippen LogP contribution is 2.26. The van der Waals surface area contributed by atoms with Crippen molar-refractivity contribution in [3.63, 3.8) is 0 Å². The summed E-state index contributed by atoms with van der Waals surface area (Å²) in [5.74, 6) is -0.00802. The Balaban J connectivity index is 2.16. The van der Waals surface area contributed by atoms with E-state index in [0.29, 0.717) is 22.7 Å². The lowest BCUT2D eigenvalue weighted by Gasteiger charge is -2.12. The van der Waals surface area contributed by atoms with Crippen LogP contribution in [0, 0.1) is 12.7 Å². The number of nitrogens with zero attached hydrogens (tertiary/aromatic N) is 2. The first-order chi connectivity index (χ1) is 8.58. The summed E-state index contributed by atoms with van der Waals surface area (Å²) in [6.07, 6.45) is -0.813. The average Bonchev–Trinajstić information content (AvgIpc) is 2.73. The van der Waals surface area contributed by atoms with Crippen molar-refractivity contribution in [3.05, 3.63) is 41.0 Å². The fraction of sp³-hybridized carbons (Fsp3) is 0.333. The van der Waals surface area contributed by atoms with Crippen molar-refractivity contribution in [2.45, 2.75) is 26.6 Å². The zero-order chi connectivity index (χ0) is 13.1. The minimum Gasteiger partial charge on any atom is -0.487 e. The number of aliphatic hydroxyl groups excluding tert-OH is 1. The Hall–Kier alpha value is -1.95. The van der Waals surface area contributed by atoms with Gasteiger partial charge in [0.05, 0.1) is 6.10 Å². The van der Waals surface area contributed by atoms with Crippen LogP contribution in [0.15, 0.2) is 22.8 Å². The molecule has 6 heteroatoms. The number of halogens is 1. The summed E-state index contributed by atoms with van der Waals surface area (Å²) in [6, 6.07) is 3.99. The summed E-state index contributed by atoms with van der Waals surface area (Å²) in [5.41, 5.74) is 1.59. The Morgan fingerprint density at radius 1 is 1.44 bits per heavy atom. The van der Waals surface area contributed by atoms with E-state index in [1.807, 2.05) is 0 Å². The van der Waals surface area contributed by atoms with Crippen LogP contribution in [0.25, 0.3) is 0 Å². The van der Waals surface area contributed by atoms with E-state index in [1.165, 1.54) is 18.2 Å². The third-order valence-corrected chi connectivity index (χ3v) is 2.53. The maximum absolute atomic E-state index is 13.1. The van der Waals surface area contributed by atoms with Crippen molar-refractivity contribution in [2.24, 2.45) is 0 Å². The van der Waals surface area contributed by atoms with Crippen LogP contribution in [-0.2, 0) is 6.61 Å². The van der Waals surface area contributed by atoms with Crippen molar-refractivity contribution in [3.8, 4) is 5.75 Å². The van der Waals surface area contributed by atoms with Gasteiger partial charge in [-0.05, 0) is 32.0 Å². The Morgan fingerprint density at radius 3 is 2.83 bits per heavy atom. The third-order valence-electron chi connectivity index (χ3n) is 2.53. The van der Waals surface area contributed by atoms with Gasteiger partial charge in [0, 0.05) is 5.56 Å². The van der Waals surface area contributed by atoms with E-state index >= 15 is 0 Å². The van der Waals surface area contributed by atoms with Gasteiger partial charge in [0.25, 0.3) is 0 Å². The number of aryl methyl sites for hydroxylation is 1. The molecular weight excluding hydrogens is 239 g/mol. The second-order valence-electron chi connectivity index (χ2n) is 3.94. The van der Waals surface area contributed by atoms with Crippen LogP contribution in [0.2, 0.25) is 0 Å². The van der Waals surface area contributed by atoms with Crippen molar-refractivity contribution >= 4 is 0 Å². The average molecular weight is 252 g/mol. The Labute approximate surface area is 103 Å². The zero-order valence-electron chi connectivity index (χ0n) is 10.1. The maximum Gasteiger partial charge on any atom is 0.145 e. The fourth-order valence-electron chi connectivity index (χ4n) is 1.50. The lowest BCUT2D eigenvalue weighted by molar-refractivity contribution is 0.188. The second-order valence-corrected chi connectivity index (χ2v) is 3.94. The maximum atomic E-state index is 13.1. The van der Waals surface area contributed by atoms with E-state index in [4.69, 9.17) is 4.74 Å². The SMILES string of the molecule is Cc1nonc1COc1ccc(F)cc1[C@H](C)O. The van der Waals surface area contributed by atoms with Crippen LogP contribution in [0.5, 0.6) is 5.75 Å². The molecule has 1 heterocycles. The highest BCUT2D eigenvalue weighted by Gasteiger charge is 2.12. The fourth-order valence-corrected chi connectivity index (χ4v) is 1.50. The normalized spacial score (nSPS) is 12.4. The first-order valence-electron chi connectivity index (χ1n) is 5.46. The van der Waals surface area contributed by atoms with E-state index < -0.39 is 11.9 Å². The molecule has 1 N–H and O–H groups in total. The molecule has 0 amide bonds. The number of hydrogen-bond donors (Lipinski definition) is 1. The molecule has 0 aliphatic rings. The number of hydrogen-bond acceptors (Lipinski definition) is 5. The second kappa shape index (κ2) is 5.14. The Bertz CT molecular complexity index is 540. The summed E-state index contributed by atoms with van der Waals surface area (Å²) in [7, 11) is 0. The molecule has 0 aliphatic heterocycles. The van der Waals surface area contributed by atoms with Crippen LogP contribution in [0.4, 0.5) is 4.39 Å². The summed E-state index contributed by atoms with van der Waals surface area (Å²) in [5, 5.41) is 16.8. The van der Waals surface area contributed by atoms with Gasteiger partial charge in [-0.1, -0.05) is 10.3 Å². The van der Waals surface area contributed by atoms with Gasteiger partial charge in [0.15, 0.2) is 0 Å². The molecule has 1 atom stereocenters. The standard InChI is InChI=1S/C12H13FN2O3/c1-7-11(15-18-14-7)6-17-12-4-3-9(13)5-10(12)8(2)16/h3-5,8,16H,6H2,1-2H3/t8-/m0/s1. The third kappa shape index (κ3) is 2.65. The first-order valence-corrected chi connectivity index (χ1v) is 5.46. The summed E-state index contributed by atoms with van der Waals surface area (Å²) in [6.45, 7) is 3.45. The number of rotatable bonds is 4. The number of ether oxygens (including phenoxy) is 1. The van der Waals surface area contributed by atoms with Crippen molar-refractivity contribution < 1.29 is 18.9 Å². The molecule has 0 saturated carbocycles. The van der Waals surface area contributed by atoms with Gasteiger partial charge in [0.2, 0.25) is 0 Å². The van der Waals surface area contributed by atoms with Crippen LogP contribution >= 0.6 is 0 Å². The molecule has 96 valence electrons. The van der Waals surface area contributed by atoms with Gasteiger partial charge in [-0.25, -0.2) is 9.02 Å². The van der Waals surface area contributed by atoms with Crippen LogP contribution < -0.4 is 4.74 Å². The molecule has 0 bridgehead atoms. The molecule has 0 unspecified atom stereocenters. The van der Waals surface area contributed by atoms with E-state index in [0.717, 1.165) is 0 Å². The molecule has 0 saturated heterocycles. The molecule has 1 aromatic heterocycles. The summed E-state index contributed by atoms with van der Waals surface area (Å²) in [4.78, 5) is 0. The van der Waals surface area contributed by atoms with Gasteiger partial charge in [0.1, 0.15) is 29.6 Å². The lowest BCUT2D eigenvalue weighted by Crippen LogP contribution is -2.02. The van der Waals surface area contributed by atoms with Crippen molar-refractivity contribution in [2.75, 3.05) is 0 Å². The lowest BCUT2D eigenvalue weighted by atomic mass is 10.1. The van der Waals surface area contributed by atoms with Gasteiger partial charge in [-0.2, -0.15) is 0 Å². The highest BCUT2D eigenvalue weighted by atomic mass is 19.1. The smallest absolute Gasteiger partial charge is 0.145 e. The quantitative estimate of drug-likeness (QED) is 0.902. The molecule has 5 nitrogen and oxygen atoms in total. The molecule has 0 fully saturated rings. The number of aromatic nitrogens is 2. The molecule has 0 spiro atoms. The van der Waals surface area contributed by atoms with Crippen LogP contribution in [0.1, 0.15) is 30.0 Å². The van der Waals surface area contributed by atoms with E-state index in [-0.39, 0.29) is 6.61 Å². The van der Waals surface area contributed by atoms with Gasteiger partial charge in [-0.3, -0.25) is 0 Å². The van der Waals surface area contributed by atoms with E-state index in [2.05, 4.69) is 14.9 Å². The first kappa shape index (κ1) is 12.5. The van der Waals surface area contributed by atoms with E-state index in [1.54, 1.807) is 13.8 Å². The van der Waals surface area contributed by atoms with Crippen LogP contribution in [0.3, 0.4) is 0 Å². The molecule has 2 rings (SSSR count). The molecular formula is C12H13FN2O3. The zero-order valence-corrected chi connectivity index (χ0v) is 10.1. The van der Waals surface area contributed by atoms with Crippen molar-refractivity contribution in [1.29, 1.82) is 0 Å². The van der Waals surface area contributed by atoms with Crippen molar-refractivity contribution in [1.82, 2.24) is 10.3 Å². The molecule has 18 heavy (non-hydrogen) atoms. The predicted octanol–water partition coefficient (Wildman–Crippen LogP) is 2.15. The minimum absolute atomic E-state index is 0.153. The van der Waals surface area contributed by atoms with Crippen LogP contribution in [-0.4, -0.2) is 15.4 Å². The number of benzene rings is 1. The Morgan fingerprint density at radius 2 is 2.22 bits per heavy atom. The molecule has 0 radical (unpaired) electrons. The monoisotopic (exact) mass is 252 g/mol. The van der Waals surface area contributed by atoms with Gasteiger partial charge < -0.3 is 9.84 Å². The highest BCUT2D eigenvalue weighted by molar-refractivity contribution is 5.35. The molecule has 2 aromatic rings. The van der Waals surface area contributed by atoms with Gasteiger partial charge in [-0.15, -0.1) is 0 Å². The minimum atomic E-state index is -0.813. The van der Waals surface area contributed by atoms with E-state index in [9.17, 15) is 9.50 Å². The molecule has 0 aliphatic carbocycles. The largest absolute Gasteiger partial charge is 0.487 e. The Kier molecular flexibility index (Phi) is 3.57. The topological polar surface area (TPSA) is 68.4 Å². The number of aliphatic hydroxyl groups is 1. The predicted molar refractivity (Wildman–Crippen MR) is 60.4 cm³/mol. The summed E-state index contributed by atoms with van der Waals surface area (Å²) < 4.78 is 23.1. The summed E-state index contributed by atoms with van der Waals surface area (Å²) >= 11 is 0.